The van der Waals surface area contributed by atoms with Crippen LogP contribution in [-0.2, 0) is 0 Å². The molecule has 0 saturated carbocycles. The van der Waals surface area contributed by atoms with Crippen LogP contribution in [0.5, 0.6) is 0 Å². The Labute approximate surface area is 106 Å². The molecule has 0 fully saturated rings. The summed E-state index contributed by atoms with van der Waals surface area (Å²) < 4.78 is 39.8. The van der Waals surface area contributed by atoms with E-state index >= 15 is 0 Å². The highest BCUT2D eigenvalue weighted by atomic mass is 35.5. The molecule has 2 aromatic carbocycles. The summed E-state index contributed by atoms with van der Waals surface area (Å²) in [5, 5.41) is 0.136. The van der Waals surface area contributed by atoms with Crippen LogP contribution in [0.3, 0.4) is 0 Å². The summed E-state index contributed by atoms with van der Waals surface area (Å²) in [4.78, 5) is 11.9. The number of rotatable bonds is 2. The summed E-state index contributed by atoms with van der Waals surface area (Å²) >= 11 is 5.63. The number of carbonyl (C=O) groups excluding carboxylic acids is 1. The van der Waals surface area contributed by atoms with Crippen molar-refractivity contribution in [2.45, 2.75) is 0 Å². The SMILES string of the molecule is O=C(c1cc(F)ccc1F)c1cc(Cl)ccc1F. The Morgan fingerprint density at radius 2 is 1.44 bits per heavy atom. The van der Waals surface area contributed by atoms with Crippen molar-refractivity contribution in [1.82, 2.24) is 0 Å². The van der Waals surface area contributed by atoms with Crippen molar-refractivity contribution in [2.75, 3.05) is 0 Å². The average Bonchev–Trinajstić information content (AvgIpc) is 2.34. The standard InChI is InChI=1S/C13H6ClF3O/c14-7-1-3-11(16)9(5-7)13(18)10-6-8(15)2-4-12(10)17/h1-6H. The molecule has 2 aromatic rings. The third kappa shape index (κ3) is 2.38. The molecule has 0 unspecified atom stereocenters. The third-order valence-corrected chi connectivity index (χ3v) is 2.58. The highest BCUT2D eigenvalue weighted by Gasteiger charge is 2.18. The van der Waals surface area contributed by atoms with Crippen LogP contribution >= 0.6 is 11.6 Å². The largest absolute Gasteiger partial charge is 0.288 e. The zero-order valence-corrected chi connectivity index (χ0v) is 9.64. The first kappa shape index (κ1) is 12.6. The molecule has 92 valence electrons. The molecule has 0 bridgehead atoms. The lowest BCUT2D eigenvalue weighted by atomic mass is 10.0. The molecule has 0 aliphatic carbocycles. The van der Waals surface area contributed by atoms with Gasteiger partial charge in [0.1, 0.15) is 17.5 Å². The fourth-order valence-electron chi connectivity index (χ4n) is 1.49. The van der Waals surface area contributed by atoms with E-state index in [2.05, 4.69) is 0 Å². The fraction of sp³-hybridized carbons (Fsp3) is 0. The number of hydrogen-bond acceptors (Lipinski definition) is 1. The maximum absolute atomic E-state index is 13.4. The van der Waals surface area contributed by atoms with E-state index in [1.54, 1.807) is 0 Å². The van der Waals surface area contributed by atoms with E-state index in [4.69, 9.17) is 11.6 Å². The molecule has 0 N–H and O–H groups in total. The van der Waals surface area contributed by atoms with Crippen molar-refractivity contribution in [3.63, 3.8) is 0 Å². The maximum atomic E-state index is 13.4. The summed E-state index contributed by atoms with van der Waals surface area (Å²) in [5.74, 6) is -3.48. The van der Waals surface area contributed by atoms with E-state index in [1.165, 1.54) is 6.07 Å². The van der Waals surface area contributed by atoms with E-state index in [-0.39, 0.29) is 5.02 Å². The van der Waals surface area contributed by atoms with Gasteiger partial charge in [0.2, 0.25) is 0 Å². The highest BCUT2D eigenvalue weighted by Crippen LogP contribution is 2.20. The fourth-order valence-corrected chi connectivity index (χ4v) is 1.66. The first-order valence-electron chi connectivity index (χ1n) is 4.94. The minimum Gasteiger partial charge on any atom is -0.288 e. The Kier molecular flexibility index (Phi) is 3.39. The predicted octanol–water partition coefficient (Wildman–Crippen LogP) is 3.99. The molecule has 0 saturated heterocycles. The summed E-state index contributed by atoms with van der Waals surface area (Å²) in [6.45, 7) is 0. The maximum Gasteiger partial charge on any atom is 0.199 e. The number of carbonyl (C=O) groups is 1. The number of hydrogen-bond donors (Lipinski definition) is 0. The lowest BCUT2D eigenvalue weighted by Crippen LogP contribution is -2.07. The van der Waals surface area contributed by atoms with Crippen LogP contribution in [-0.4, -0.2) is 5.78 Å². The zero-order valence-electron chi connectivity index (χ0n) is 8.88. The van der Waals surface area contributed by atoms with E-state index in [9.17, 15) is 18.0 Å². The minimum absolute atomic E-state index is 0.136. The Bertz CT molecular complexity index is 572. The van der Waals surface area contributed by atoms with Gasteiger partial charge in [-0.2, -0.15) is 0 Å². The van der Waals surface area contributed by atoms with Crippen molar-refractivity contribution in [3.05, 3.63) is 70.0 Å². The monoisotopic (exact) mass is 270 g/mol. The van der Waals surface area contributed by atoms with Gasteiger partial charge in [-0.1, -0.05) is 11.6 Å². The lowest BCUT2D eigenvalue weighted by Gasteiger charge is -2.04. The smallest absolute Gasteiger partial charge is 0.199 e. The molecule has 18 heavy (non-hydrogen) atoms. The number of ketones is 1. The summed E-state index contributed by atoms with van der Waals surface area (Å²) in [6.07, 6.45) is 0. The van der Waals surface area contributed by atoms with Crippen LogP contribution in [0.4, 0.5) is 13.2 Å². The van der Waals surface area contributed by atoms with Gasteiger partial charge in [0.25, 0.3) is 0 Å². The van der Waals surface area contributed by atoms with Crippen molar-refractivity contribution >= 4 is 17.4 Å². The van der Waals surface area contributed by atoms with Gasteiger partial charge in [-0.3, -0.25) is 4.79 Å². The Hall–Kier alpha value is -1.81. The van der Waals surface area contributed by atoms with Crippen LogP contribution in [0.2, 0.25) is 5.02 Å². The quantitative estimate of drug-likeness (QED) is 0.754. The van der Waals surface area contributed by atoms with E-state index in [0.29, 0.717) is 0 Å². The molecule has 2 rings (SSSR count). The third-order valence-electron chi connectivity index (χ3n) is 2.35. The Morgan fingerprint density at radius 3 is 2.11 bits per heavy atom. The first-order valence-corrected chi connectivity index (χ1v) is 5.31. The molecule has 0 radical (unpaired) electrons. The first-order chi connectivity index (χ1) is 8.49. The second kappa shape index (κ2) is 4.82. The summed E-state index contributed by atoms with van der Waals surface area (Å²) in [6, 6.07) is 5.73. The van der Waals surface area contributed by atoms with Gasteiger partial charge in [-0.05, 0) is 36.4 Å². The van der Waals surface area contributed by atoms with Crippen LogP contribution in [0.15, 0.2) is 36.4 Å². The molecule has 0 aliphatic rings. The van der Waals surface area contributed by atoms with Crippen LogP contribution in [0, 0.1) is 17.5 Å². The molecular formula is C13H6ClF3O. The normalized spacial score (nSPS) is 10.4. The van der Waals surface area contributed by atoms with Gasteiger partial charge < -0.3 is 0 Å². The second-order valence-electron chi connectivity index (χ2n) is 3.58. The van der Waals surface area contributed by atoms with E-state index in [0.717, 1.165) is 30.3 Å². The summed E-state index contributed by atoms with van der Waals surface area (Å²) in [5.41, 5.74) is -0.928. The topological polar surface area (TPSA) is 17.1 Å². The highest BCUT2D eigenvalue weighted by molar-refractivity contribution is 6.31. The molecule has 0 aromatic heterocycles. The summed E-state index contributed by atoms with van der Waals surface area (Å²) in [7, 11) is 0. The second-order valence-corrected chi connectivity index (χ2v) is 4.01. The van der Waals surface area contributed by atoms with Crippen LogP contribution in [0.25, 0.3) is 0 Å². The molecule has 1 nitrogen and oxygen atoms in total. The van der Waals surface area contributed by atoms with Gasteiger partial charge in [0, 0.05) is 5.02 Å². The Balaban J connectivity index is 2.54. The molecule has 5 heteroatoms. The predicted molar refractivity (Wildman–Crippen MR) is 61.2 cm³/mol. The number of halogens is 4. The van der Waals surface area contributed by atoms with Crippen molar-refractivity contribution in [3.8, 4) is 0 Å². The average molecular weight is 271 g/mol. The van der Waals surface area contributed by atoms with Gasteiger partial charge in [0.05, 0.1) is 11.1 Å². The van der Waals surface area contributed by atoms with Crippen molar-refractivity contribution in [1.29, 1.82) is 0 Å². The van der Waals surface area contributed by atoms with Crippen molar-refractivity contribution in [2.24, 2.45) is 0 Å². The van der Waals surface area contributed by atoms with Gasteiger partial charge >= 0.3 is 0 Å². The van der Waals surface area contributed by atoms with Crippen LogP contribution < -0.4 is 0 Å². The van der Waals surface area contributed by atoms with Gasteiger partial charge in [-0.25, -0.2) is 13.2 Å². The minimum atomic E-state index is -0.952. The zero-order chi connectivity index (χ0) is 13.3. The molecule has 0 heterocycles. The number of benzene rings is 2. The van der Waals surface area contributed by atoms with Crippen LogP contribution in [0.1, 0.15) is 15.9 Å². The molecule has 0 atom stereocenters. The van der Waals surface area contributed by atoms with E-state index < -0.39 is 34.4 Å². The Morgan fingerprint density at radius 1 is 0.889 bits per heavy atom. The molecule has 0 aliphatic heterocycles. The van der Waals surface area contributed by atoms with E-state index in [1.807, 2.05) is 0 Å². The van der Waals surface area contributed by atoms with Crippen molar-refractivity contribution < 1.29 is 18.0 Å². The molecule has 0 spiro atoms. The lowest BCUT2D eigenvalue weighted by molar-refractivity contribution is 0.103. The molecular weight excluding hydrogens is 265 g/mol. The molecule has 0 amide bonds. The van der Waals surface area contributed by atoms with Gasteiger partial charge in [0.15, 0.2) is 5.78 Å². The van der Waals surface area contributed by atoms with Gasteiger partial charge in [-0.15, -0.1) is 0 Å².